The van der Waals surface area contributed by atoms with E-state index in [1.165, 1.54) is 0 Å². The highest BCUT2D eigenvalue weighted by molar-refractivity contribution is 5.77. The summed E-state index contributed by atoms with van der Waals surface area (Å²) in [5.74, 6) is -0.776. The summed E-state index contributed by atoms with van der Waals surface area (Å²) in [5, 5.41) is 16.9. The van der Waals surface area contributed by atoms with Crippen LogP contribution in [0.5, 0.6) is 0 Å². The maximum absolute atomic E-state index is 10.3. The van der Waals surface area contributed by atoms with E-state index in [1.54, 1.807) is 13.8 Å². The first-order valence-corrected chi connectivity index (χ1v) is 8.57. The summed E-state index contributed by atoms with van der Waals surface area (Å²) in [6, 6.07) is -1.49. The van der Waals surface area contributed by atoms with Crippen LogP contribution in [-0.2, 0) is 9.59 Å². The van der Waals surface area contributed by atoms with Gasteiger partial charge in [-0.05, 0) is 52.4 Å². The van der Waals surface area contributed by atoms with E-state index in [1.807, 2.05) is 0 Å². The highest BCUT2D eigenvalue weighted by Gasteiger charge is 2.10. The monoisotopic (exact) mass is 374 g/mol. The third-order valence-electron chi connectivity index (χ3n) is 3.20. The molecule has 26 heavy (non-hydrogen) atoms. The van der Waals surface area contributed by atoms with Crippen molar-refractivity contribution in [2.45, 2.75) is 64.5 Å². The lowest BCUT2D eigenvalue weighted by atomic mass is 10.1. The number of aliphatic carboxylic acids is 2. The molecule has 10 N–H and O–H groups in total. The average Bonchev–Trinajstić information content (AvgIpc) is 2.53. The minimum absolute atomic E-state index is 0.495. The second-order valence-corrected chi connectivity index (χ2v) is 5.93. The Morgan fingerprint density at radius 1 is 0.769 bits per heavy atom. The van der Waals surface area contributed by atoms with E-state index in [-0.39, 0.29) is 0 Å². The summed E-state index contributed by atoms with van der Waals surface area (Å²) >= 11 is 0. The van der Waals surface area contributed by atoms with Crippen LogP contribution in [0.15, 0.2) is 9.98 Å². The lowest BCUT2D eigenvalue weighted by Crippen LogP contribution is -2.29. The van der Waals surface area contributed by atoms with Gasteiger partial charge in [0.2, 0.25) is 0 Å². The normalized spacial score (nSPS) is 14.2. The number of nitrogens with zero attached hydrogens (tertiary/aromatic N) is 2. The zero-order valence-corrected chi connectivity index (χ0v) is 15.7. The number of hydrogen-bond donors (Lipinski definition) is 6. The standard InChI is InChI=1S/2C8H17N3O2/c2*1-6(9)11-5-3-2-4-7(10)8(12)13/h2*7H,2-5,10H2,1H3,(H2,9,11)(H,12,13)/t2*7-/m00/s1. The van der Waals surface area contributed by atoms with Gasteiger partial charge in [-0.2, -0.15) is 0 Å². The van der Waals surface area contributed by atoms with Crippen LogP contribution < -0.4 is 22.9 Å². The maximum atomic E-state index is 10.3. The molecule has 0 rings (SSSR count). The highest BCUT2D eigenvalue weighted by Crippen LogP contribution is 2.00. The van der Waals surface area contributed by atoms with Crippen LogP contribution in [0.25, 0.3) is 0 Å². The summed E-state index contributed by atoms with van der Waals surface area (Å²) in [6.07, 6.45) is 4.18. The fourth-order valence-electron chi connectivity index (χ4n) is 1.71. The zero-order chi connectivity index (χ0) is 20.5. The molecule has 2 atom stereocenters. The largest absolute Gasteiger partial charge is 0.480 e. The van der Waals surface area contributed by atoms with Gasteiger partial charge in [0, 0.05) is 13.1 Å². The van der Waals surface area contributed by atoms with E-state index >= 15 is 0 Å². The highest BCUT2D eigenvalue weighted by atomic mass is 16.4. The first kappa shape index (κ1) is 26.0. The second kappa shape index (κ2) is 16.3. The van der Waals surface area contributed by atoms with Crippen molar-refractivity contribution in [2.75, 3.05) is 13.1 Å². The lowest BCUT2D eigenvalue weighted by Gasteiger charge is -2.04. The van der Waals surface area contributed by atoms with Gasteiger partial charge in [-0.15, -0.1) is 0 Å². The Morgan fingerprint density at radius 2 is 1.08 bits per heavy atom. The van der Waals surface area contributed by atoms with Crippen molar-refractivity contribution < 1.29 is 19.8 Å². The third-order valence-corrected chi connectivity index (χ3v) is 3.20. The molecule has 0 aliphatic carbocycles. The molecule has 0 aromatic rings. The van der Waals surface area contributed by atoms with Gasteiger partial charge in [-0.25, -0.2) is 0 Å². The molecule has 0 aliphatic rings. The van der Waals surface area contributed by atoms with Crippen LogP contribution in [-0.4, -0.2) is 59.0 Å². The van der Waals surface area contributed by atoms with Gasteiger partial charge in [-0.1, -0.05) is 0 Å². The van der Waals surface area contributed by atoms with Crippen molar-refractivity contribution in [3.63, 3.8) is 0 Å². The molecule has 0 saturated carbocycles. The van der Waals surface area contributed by atoms with Crippen LogP contribution in [0.3, 0.4) is 0 Å². The molecule has 10 nitrogen and oxygen atoms in total. The summed E-state index contributed by atoms with van der Waals surface area (Å²) in [4.78, 5) is 28.5. The summed E-state index contributed by atoms with van der Waals surface area (Å²) in [7, 11) is 0. The number of aliphatic imine (C=N–C) groups is 2. The Balaban J connectivity index is 0. The number of amidine groups is 2. The number of rotatable bonds is 12. The van der Waals surface area contributed by atoms with Crippen molar-refractivity contribution in [2.24, 2.45) is 32.9 Å². The molecule has 0 radical (unpaired) electrons. The SMILES string of the molecule is CC(N)=NCCCC[C@H](N)C(=O)O.CC(N)=NCCCC[C@H](N)C(=O)O. The number of carboxylic acids is 2. The minimum Gasteiger partial charge on any atom is -0.480 e. The number of unbranched alkanes of at least 4 members (excludes halogenated alkanes) is 2. The first-order valence-electron chi connectivity index (χ1n) is 8.57. The molecule has 0 heterocycles. The number of carboxylic acid groups (broad SMARTS) is 2. The van der Waals surface area contributed by atoms with Crippen molar-refractivity contribution in [3.05, 3.63) is 0 Å². The molecular formula is C16H34N6O4. The quantitative estimate of drug-likeness (QED) is 0.154. The maximum Gasteiger partial charge on any atom is 0.320 e. The molecule has 0 saturated heterocycles. The van der Waals surface area contributed by atoms with Gasteiger partial charge < -0.3 is 33.1 Å². The van der Waals surface area contributed by atoms with Gasteiger partial charge in [-0.3, -0.25) is 19.6 Å². The number of hydrogen-bond acceptors (Lipinski definition) is 6. The Labute approximate surface area is 154 Å². The summed E-state index contributed by atoms with van der Waals surface area (Å²) in [5.41, 5.74) is 21.2. The van der Waals surface area contributed by atoms with Crippen LogP contribution in [0.1, 0.15) is 52.4 Å². The van der Waals surface area contributed by atoms with E-state index in [0.717, 1.165) is 25.7 Å². The second-order valence-electron chi connectivity index (χ2n) is 5.93. The molecule has 0 bridgehead atoms. The van der Waals surface area contributed by atoms with Crippen LogP contribution >= 0.6 is 0 Å². The van der Waals surface area contributed by atoms with Gasteiger partial charge in [0.1, 0.15) is 12.1 Å². The predicted molar refractivity (Wildman–Crippen MR) is 103 cm³/mol. The Morgan fingerprint density at radius 3 is 1.31 bits per heavy atom. The van der Waals surface area contributed by atoms with Crippen LogP contribution in [0.2, 0.25) is 0 Å². The third kappa shape index (κ3) is 19.8. The molecular weight excluding hydrogens is 340 g/mol. The summed E-state index contributed by atoms with van der Waals surface area (Å²) in [6.45, 7) is 4.75. The first-order chi connectivity index (χ1) is 12.1. The Hall–Kier alpha value is -2.20. The lowest BCUT2D eigenvalue weighted by molar-refractivity contribution is -0.139. The predicted octanol–water partition coefficient (Wildman–Crippen LogP) is -0.109. The molecule has 0 spiro atoms. The van der Waals surface area contributed by atoms with Crippen molar-refractivity contribution >= 4 is 23.6 Å². The smallest absolute Gasteiger partial charge is 0.320 e. The van der Waals surface area contributed by atoms with Crippen molar-refractivity contribution in [1.82, 2.24) is 0 Å². The van der Waals surface area contributed by atoms with E-state index in [2.05, 4.69) is 9.98 Å². The number of carbonyl (C=O) groups is 2. The number of nitrogens with two attached hydrogens (primary N) is 4. The molecule has 0 aliphatic heterocycles. The summed E-state index contributed by atoms with van der Waals surface area (Å²) < 4.78 is 0. The van der Waals surface area contributed by atoms with E-state index < -0.39 is 24.0 Å². The average molecular weight is 374 g/mol. The van der Waals surface area contributed by atoms with E-state index in [0.29, 0.717) is 37.6 Å². The van der Waals surface area contributed by atoms with E-state index in [4.69, 9.17) is 33.1 Å². The Bertz CT molecular complexity index is 418. The van der Waals surface area contributed by atoms with Crippen LogP contribution in [0, 0.1) is 0 Å². The van der Waals surface area contributed by atoms with Crippen molar-refractivity contribution in [3.8, 4) is 0 Å². The van der Waals surface area contributed by atoms with Gasteiger partial charge in [0.25, 0.3) is 0 Å². The van der Waals surface area contributed by atoms with Gasteiger partial charge >= 0.3 is 11.9 Å². The molecule has 0 aromatic heterocycles. The zero-order valence-electron chi connectivity index (χ0n) is 15.7. The molecule has 10 heteroatoms. The molecule has 0 aromatic carbocycles. The topological polar surface area (TPSA) is 203 Å². The van der Waals surface area contributed by atoms with Gasteiger partial charge in [0.15, 0.2) is 0 Å². The minimum atomic E-state index is -0.946. The molecule has 0 unspecified atom stereocenters. The Kier molecular flexibility index (Phi) is 16.3. The molecule has 152 valence electrons. The van der Waals surface area contributed by atoms with E-state index in [9.17, 15) is 9.59 Å². The molecule has 0 amide bonds. The fourth-order valence-corrected chi connectivity index (χ4v) is 1.71. The van der Waals surface area contributed by atoms with Crippen molar-refractivity contribution in [1.29, 1.82) is 0 Å². The van der Waals surface area contributed by atoms with Crippen LogP contribution in [0.4, 0.5) is 0 Å². The van der Waals surface area contributed by atoms with Gasteiger partial charge in [0.05, 0.1) is 11.7 Å². The fraction of sp³-hybridized carbons (Fsp3) is 0.750. The molecule has 0 fully saturated rings.